The molecular formula is C19H31N3O3. The van der Waals surface area contributed by atoms with Crippen molar-refractivity contribution in [3.63, 3.8) is 0 Å². The molecule has 0 heterocycles. The van der Waals surface area contributed by atoms with E-state index in [0.717, 1.165) is 37.9 Å². The lowest BCUT2D eigenvalue weighted by atomic mass is 10.1. The summed E-state index contributed by atoms with van der Waals surface area (Å²) < 4.78 is 0. The Morgan fingerprint density at radius 2 is 1.60 bits per heavy atom. The van der Waals surface area contributed by atoms with Gasteiger partial charge in [0.25, 0.3) is 5.69 Å². The second-order valence-corrected chi connectivity index (χ2v) is 6.31. The van der Waals surface area contributed by atoms with Crippen LogP contribution in [0.15, 0.2) is 24.3 Å². The minimum absolute atomic E-state index is 0.0959. The summed E-state index contributed by atoms with van der Waals surface area (Å²) in [6.45, 7) is 3.69. The van der Waals surface area contributed by atoms with Crippen molar-refractivity contribution >= 4 is 17.3 Å². The van der Waals surface area contributed by atoms with Crippen molar-refractivity contribution in [3.05, 3.63) is 34.4 Å². The molecule has 0 bridgehead atoms. The predicted octanol–water partition coefficient (Wildman–Crippen LogP) is 4.65. The molecule has 0 aliphatic carbocycles. The van der Waals surface area contributed by atoms with Gasteiger partial charge in [0.15, 0.2) is 0 Å². The van der Waals surface area contributed by atoms with E-state index in [-0.39, 0.29) is 11.6 Å². The quantitative estimate of drug-likeness (QED) is 0.291. The highest BCUT2D eigenvalue weighted by molar-refractivity contribution is 5.75. The summed E-state index contributed by atoms with van der Waals surface area (Å²) in [5.41, 5.74) is 0.969. The Labute approximate surface area is 150 Å². The number of carbonyl (C=O) groups is 1. The van der Waals surface area contributed by atoms with Crippen LogP contribution in [-0.2, 0) is 4.79 Å². The third-order valence-electron chi connectivity index (χ3n) is 4.09. The van der Waals surface area contributed by atoms with Gasteiger partial charge in [-0.2, -0.15) is 0 Å². The molecule has 2 N–H and O–H groups in total. The van der Waals surface area contributed by atoms with Crippen molar-refractivity contribution in [3.8, 4) is 0 Å². The molecule has 25 heavy (non-hydrogen) atoms. The van der Waals surface area contributed by atoms with Crippen LogP contribution in [0.3, 0.4) is 0 Å². The number of rotatable bonds is 14. The van der Waals surface area contributed by atoms with E-state index in [9.17, 15) is 14.9 Å². The van der Waals surface area contributed by atoms with Crippen molar-refractivity contribution in [2.24, 2.45) is 0 Å². The molecule has 6 heteroatoms. The zero-order valence-corrected chi connectivity index (χ0v) is 15.3. The smallest absolute Gasteiger partial charge is 0.269 e. The summed E-state index contributed by atoms with van der Waals surface area (Å²) in [6.07, 6.45) is 9.67. The van der Waals surface area contributed by atoms with E-state index in [4.69, 9.17) is 0 Å². The number of nitro benzene ring substituents is 1. The first-order valence-corrected chi connectivity index (χ1v) is 9.38. The Hall–Kier alpha value is -2.11. The zero-order chi connectivity index (χ0) is 18.3. The van der Waals surface area contributed by atoms with E-state index in [0.29, 0.717) is 13.0 Å². The fraction of sp³-hybridized carbons (Fsp3) is 0.632. The lowest BCUT2D eigenvalue weighted by molar-refractivity contribution is -0.384. The van der Waals surface area contributed by atoms with E-state index in [1.54, 1.807) is 12.1 Å². The first kappa shape index (κ1) is 20.9. The molecule has 0 aliphatic rings. The third-order valence-corrected chi connectivity index (χ3v) is 4.09. The summed E-state index contributed by atoms with van der Waals surface area (Å²) in [6, 6.07) is 6.40. The number of non-ortho nitro benzene ring substituents is 1. The molecule has 0 radical (unpaired) electrons. The fourth-order valence-electron chi connectivity index (χ4n) is 2.57. The summed E-state index contributed by atoms with van der Waals surface area (Å²) in [7, 11) is 0. The largest absolute Gasteiger partial charge is 0.385 e. The monoisotopic (exact) mass is 349 g/mol. The van der Waals surface area contributed by atoms with Gasteiger partial charge in [-0.15, -0.1) is 0 Å². The Kier molecular flexibility index (Phi) is 11.1. The fourth-order valence-corrected chi connectivity index (χ4v) is 2.57. The van der Waals surface area contributed by atoms with Gasteiger partial charge in [0, 0.05) is 37.3 Å². The van der Waals surface area contributed by atoms with Crippen LogP contribution in [0.25, 0.3) is 0 Å². The number of nitrogens with one attached hydrogen (secondary N) is 2. The number of benzene rings is 1. The highest BCUT2D eigenvalue weighted by atomic mass is 16.6. The standard InChI is InChI=1S/C19H31N3O3/c1-2-3-4-5-6-7-10-19(23)21-16-9-8-15-20-17-11-13-18(14-12-17)22(24)25/h11-14,20H,2-10,15-16H2,1H3,(H,21,23). The van der Waals surface area contributed by atoms with Crippen LogP contribution in [0, 0.1) is 10.1 Å². The van der Waals surface area contributed by atoms with Crippen molar-refractivity contribution in [2.75, 3.05) is 18.4 Å². The molecule has 1 aromatic carbocycles. The Bertz CT molecular complexity index is 503. The van der Waals surface area contributed by atoms with Gasteiger partial charge in [-0.3, -0.25) is 14.9 Å². The van der Waals surface area contributed by atoms with Gasteiger partial charge in [0.1, 0.15) is 0 Å². The SMILES string of the molecule is CCCCCCCCC(=O)NCCCCNc1ccc([N+](=O)[O-])cc1. The van der Waals surface area contributed by atoms with Gasteiger partial charge < -0.3 is 10.6 Å². The van der Waals surface area contributed by atoms with Crippen LogP contribution in [0.1, 0.15) is 64.7 Å². The first-order chi connectivity index (χ1) is 12.1. The molecule has 0 aromatic heterocycles. The number of carbonyl (C=O) groups excluding carboxylic acids is 1. The number of unbranched alkanes of at least 4 members (excludes halogenated alkanes) is 6. The lowest BCUT2D eigenvalue weighted by Crippen LogP contribution is -2.24. The first-order valence-electron chi connectivity index (χ1n) is 9.38. The molecule has 0 saturated heterocycles. The molecule has 0 saturated carbocycles. The van der Waals surface area contributed by atoms with Crippen molar-refractivity contribution in [1.29, 1.82) is 0 Å². The minimum Gasteiger partial charge on any atom is -0.385 e. The number of amides is 1. The highest BCUT2D eigenvalue weighted by Crippen LogP contribution is 2.15. The number of hydrogen-bond donors (Lipinski definition) is 2. The summed E-state index contributed by atoms with van der Waals surface area (Å²) in [5, 5.41) is 16.8. The van der Waals surface area contributed by atoms with E-state index >= 15 is 0 Å². The van der Waals surface area contributed by atoms with Crippen LogP contribution < -0.4 is 10.6 Å². The number of nitro groups is 1. The summed E-state index contributed by atoms with van der Waals surface area (Å²) in [5.74, 6) is 0.152. The molecule has 0 spiro atoms. The predicted molar refractivity (Wildman–Crippen MR) is 102 cm³/mol. The summed E-state index contributed by atoms with van der Waals surface area (Å²) in [4.78, 5) is 21.9. The van der Waals surface area contributed by atoms with E-state index in [1.807, 2.05) is 0 Å². The minimum atomic E-state index is -0.405. The average molecular weight is 349 g/mol. The molecular weight excluding hydrogens is 318 g/mol. The number of anilines is 1. The van der Waals surface area contributed by atoms with Crippen LogP contribution in [0.5, 0.6) is 0 Å². The van der Waals surface area contributed by atoms with E-state index in [2.05, 4.69) is 17.6 Å². The van der Waals surface area contributed by atoms with Gasteiger partial charge in [-0.05, 0) is 31.4 Å². The van der Waals surface area contributed by atoms with E-state index < -0.39 is 4.92 Å². The Morgan fingerprint density at radius 3 is 2.28 bits per heavy atom. The van der Waals surface area contributed by atoms with Crippen LogP contribution in [0.4, 0.5) is 11.4 Å². The van der Waals surface area contributed by atoms with Gasteiger partial charge in [-0.25, -0.2) is 0 Å². The van der Waals surface area contributed by atoms with Gasteiger partial charge in [-0.1, -0.05) is 39.0 Å². The average Bonchev–Trinajstić information content (AvgIpc) is 2.61. The Morgan fingerprint density at radius 1 is 0.960 bits per heavy atom. The molecule has 140 valence electrons. The molecule has 0 fully saturated rings. The number of nitrogens with zero attached hydrogens (tertiary/aromatic N) is 1. The summed E-state index contributed by atoms with van der Waals surface area (Å²) >= 11 is 0. The number of hydrogen-bond acceptors (Lipinski definition) is 4. The molecule has 1 amide bonds. The second-order valence-electron chi connectivity index (χ2n) is 6.31. The van der Waals surface area contributed by atoms with Crippen LogP contribution in [0.2, 0.25) is 0 Å². The second kappa shape index (κ2) is 13.2. The lowest BCUT2D eigenvalue weighted by Gasteiger charge is -2.07. The Balaban J connectivity index is 1.97. The third kappa shape index (κ3) is 10.4. The molecule has 6 nitrogen and oxygen atoms in total. The normalized spacial score (nSPS) is 10.4. The van der Waals surface area contributed by atoms with Crippen LogP contribution >= 0.6 is 0 Å². The topological polar surface area (TPSA) is 84.3 Å². The van der Waals surface area contributed by atoms with Gasteiger partial charge >= 0.3 is 0 Å². The van der Waals surface area contributed by atoms with Gasteiger partial charge in [0.05, 0.1) is 4.92 Å². The zero-order valence-electron chi connectivity index (χ0n) is 15.3. The van der Waals surface area contributed by atoms with Crippen molar-refractivity contribution in [1.82, 2.24) is 5.32 Å². The highest BCUT2D eigenvalue weighted by Gasteiger charge is 2.03. The van der Waals surface area contributed by atoms with Crippen LogP contribution in [-0.4, -0.2) is 23.9 Å². The molecule has 1 aromatic rings. The van der Waals surface area contributed by atoms with Crippen molar-refractivity contribution in [2.45, 2.75) is 64.7 Å². The molecule has 0 atom stereocenters. The maximum absolute atomic E-state index is 11.7. The maximum atomic E-state index is 11.7. The molecule has 0 unspecified atom stereocenters. The molecule has 0 aliphatic heterocycles. The molecule has 1 rings (SSSR count). The van der Waals surface area contributed by atoms with Crippen molar-refractivity contribution < 1.29 is 9.72 Å². The van der Waals surface area contributed by atoms with Gasteiger partial charge in [0.2, 0.25) is 5.91 Å². The van der Waals surface area contributed by atoms with E-state index in [1.165, 1.54) is 37.8 Å². The maximum Gasteiger partial charge on any atom is 0.269 e.